The van der Waals surface area contributed by atoms with E-state index >= 15 is 0 Å². The molecular formula is C20H26N2O7. The molecule has 1 aromatic heterocycles. The maximum atomic E-state index is 12.5. The van der Waals surface area contributed by atoms with Crippen LogP contribution < -0.4 is 14.2 Å². The molecule has 0 saturated heterocycles. The molecule has 29 heavy (non-hydrogen) atoms. The third kappa shape index (κ3) is 4.29. The van der Waals surface area contributed by atoms with Crippen molar-refractivity contribution in [1.29, 1.82) is 0 Å². The van der Waals surface area contributed by atoms with Gasteiger partial charge in [0, 0.05) is 16.7 Å². The van der Waals surface area contributed by atoms with Crippen molar-refractivity contribution in [3.05, 3.63) is 29.1 Å². The van der Waals surface area contributed by atoms with E-state index < -0.39 is 12.1 Å². The van der Waals surface area contributed by atoms with Gasteiger partial charge in [-0.1, -0.05) is 5.16 Å². The van der Waals surface area contributed by atoms with Crippen molar-refractivity contribution in [3.63, 3.8) is 0 Å². The fourth-order valence-corrected chi connectivity index (χ4v) is 3.11. The Morgan fingerprint density at radius 2 is 1.86 bits per heavy atom. The highest BCUT2D eigenvalue weighted by Gasteiger charge is 2.29. The number of aliphatic hydroxyl groups is 1. The number of H-pyrrole nitrogens is 1. The number of hydrogen-bond acceptors (Lipinski definition) is 8. The van der Waals surface area contributed by atoms with Crippen molar-refractivity contribution in [1.82, 2.24) is 4.98 Å². The number of rotatable bonds is 9. The molecule has 0 aliphatic carbocycles. The summed E-state index contributed by atoms with van der Waals surface area (Å²) in [7, 11) is 5.90. The van der Waals surface area contributed by atoms with Crippen molar-refractivity contribution in [2.45, 2.75) is 20.0 Å². The van der Waals surface area contributed by atoms with Gasteiger partial charge in [0.15, 0.2) is 11.5 Å². The van der Waals surface area contributed by atoms with Crippen LogP contribution in [0.2, 0.25) is 0 Å². The van der Waals surface area contributed by atoms with Gasteiger partial charge in [0.2, 0.25) is 5.75 Å². The number of nitrogens with zero attached hydrogens (tertiary/aromatic N) is 1. The predicted molar refractivity (Wildman–Crippen MR) is 107 cm³/mol. The fraction of sp³-hybridized carbons (Fsp3) is 0.400. The van der Waals surface area contributed by atoms with Gasteiger partial charge in [-0.25, -0.2) is 4.79 Å². The number of methoxy groups -OCH3 is 3. The Labute approximate surface area is 169 Å². The first kappa shape index (κ1) is 22.1. The number of esters is 1. The van der Waals surface area contributed by atoms with Crippen LogP contribution in [0.5, 0.6) is 17.2 Å². The zero-order valence-electron chi connectivity index (χ0n) is 17.4. The lowest BCUT2D eigenvalue weighted by Gasteiger charge is -2.17. The Kier molecular flexibility index (Phi) is 7.49. The van der Waals surface area contributed by atoms with Gasteiger partial charge in [-0.05, 0) is 26.0 Å². The molecule has 1 heterocycles. The van der Waals surface area contributed by atoms with E-state index in [9.17, 15) is 9.90 Å². The molecule has 9 heteroatoms. The van der Waals surface area contributed by atoms with Crippen LogP contribution in [0, 0.1) is 0 Å². The molecule has 0 amide bonds. The smallest absolute Gasteiger partial charge is 0.355 e. The van der Waals surface area contributed by atoms with Gasteiger partial charge in [-0.15, -0.1) is 0 Å². The lowest BCUT2D eigenvalue weighted by atomic mass is 9.95. The molecule has 0 fully saturated rings. The average molecular weight is 406 g/mol. The highest BCUT2D eigenvalue weighted by Crippen LogP contribution is 2.47. The topological polar surface area (TPSA) is 112 Å². The first-order chi connectivity index (χ1) is 13.9. The molecular weight excluding hydrogens is 380 g/mol. The average Bonchev–Trinajstić information content (AvgIpc) is 3.10. The summed E-state index contributed by atoms with van der Waals surface area (Å²) in [5.74, 6) is 0.619. The Balaban J connectivity index is 2.89. The van der Waals surface area contributed by atoms with Crippen molar-refractivity contribution in [2.75, 3.05) is 35.0 Å². The van der Waals surface area contributed by atoms with Crippen molar-refractivity contribution < 1.29 is 33.7 Å². The molecule has 0 spiro atoms. The number of aromatic nitrogens is 1. The predicted octanol–water partition coefficient (Wildman–Crippen LogP) is 2.92. The van der Waals surface area contributed by atoms with Crippen molar-refractivity contribution in [2.24, 2.45) is 5.16 Å². The van der Waals surface area contributed by atoms with E-state index in [1.165, 1.54) is 34.7 Å². The van der Waals surface area contributed by atoms with Gasteiger partial charge in [0.05, 0.1) is 45.9 Å². The van der Waals surface area contributed by atoms with E-state index in [1.54, 1.807) is 26.0 Å². The van der Waals surface area contributed by atoms with Gasteiger partial charge in [-0.3, -0.25) is 0 Å². The van der Waals surface area contributed by atoms with Crippen LogP contribution in [0.15, 0.2) is 17.3 Å². The number of carbonyl (C=O) groups is 1. The van der Waals surface area contributed by atoms with Gasteiger partial charge in [0.25, 0.3) is 0 Å². The number of ether oxygens (including phenoxy) is 4. The lowest BCUT2D eigenvalue weighted by molar-refractivity contribution is 0.0514. The van der Waals surface area contributed by atoms with Crippen molar-refractivity contribution in [3.8, 4) is 28.4 Å². The summed E-state index contributed by atoms with van der Waals surface area (Å²) in [5, 5.41) is 14.3. The molecule has 0 radical (unpaired) electrons. The number of hydrogen-bond donors (Lipinski definition) is 2. The summed E-state index contributed by atoms with van der Waals surface area (Å²) < 4.78 is 21.5. The van der Waals surface area contributed by atoms with Gasteiger partial charge in [0.1, 0.15) is 12.8 Å². The largest absolute Gasteiger partial charge is 0.493 e. The monoisotopic (exact) mass is 406 g/mol. The van der Waals surface area contributed by atoms with Crippen LogP contribution in [0.25, 0.3) is 11.1 Å². The first-order valence-corrected chi connectivity index (χ1v) is 8.91. The van der Waals surface area contributed by atoms with Crippen LogP contribution in [-0.4, -0.2) is 57.3 Å². The molecule has 0 bridgehead atoms. The SMILES string of the molecule is CCOC(=O)c1[nH]c(/C=N/OC)c(-c2ccc(OC)c(OC)c2OC)c1C(C)O. The highest BCUT2D eigenvalue weighted by molar-refractivity contribution is 6.00. The molecule has 1 unspecified atom stereocenters. The Bertz CT molecular complexity index is 887. The standard InChI is InChI=1S/C20H26N2O7/c1-7-29-20(24)17-15(11(2)23)16(13(22-17)10-21-28-6)12-8-9-14(25-3)19(27-5)18(12)26-4/h8-11,22-23H,7H2,1-6H3/b21-10+. The van der Waals surface area contributed by atoms with E-state index in [-0.39, 0.29) is 12.3 Å². The second kappa shape index (κ2) is 9.83. The maximum absolute atomic E-state index is 12.5. The molecule has 0 saturated carbocycles. The van der Waals surface area contributed by atoms with Gasteiger partial charge in [-0.2, -0.15) is 0 Å². The Hall–Kier alpha value is -3.20. The minimum absolute atomic E-state index is 0.117. The Morgan fingerprint density at radius 1 is 1.17 bits per heavy atom. The van der Waals surface area contributed by atoms with Gasteiger partial charge >= 0.3 is 5.97 Å². The molecule has 0 aliphatic rings. The summed E-state index contributed by atoms with van der Waals surface area (Å²) in [6.45, 7) is 3.45. The van der Waals surface area contributed by atoms with Crippen LogP contribution in [0.4, 0.5) is 0 Å². The fourth-order valence-electron chi connectivity index (χ4n) is 3.11. The zero-order valence-corrected chi connectivity index (χ0v) is 17.4. The maximum Gasteiger partial charge on any atom is 0.355 e. The van der Waals surface area contributed by atoms with Crippen LogP contribution >= 0.6 is 0 Å². The molecule has 2 N–H and O–H groups in total. The summed E-state index contributed by atoms with van der Waals surface area (Å²) in [6.07, 6.45) is 0.406. The third-order valence-corrected chi connectivity index (χ3v) is 4.23. The molecule has 2 rings (SSSR count). The van der Waals surface area contributed by atoms with Crippen LogP contribution in [-0.2, 0) is 9.57 Å². The molecule has 1 atom stereocenters. The lowest BCUT2D eigenvalue weighted by Crippen LogP contribution is -2.09. The number of carbonyl (C=O) groups excluding carboxylic acids is 1. The van der Waals surface area contributed by atoms with E-state index in [4.69, 9.17) is 23.8 Å². The quantitative estimate of drug-likeness (QED) is 0.374. The van der Waals surface area contributed by atoms with Crippen molar-refractivity contribution >= 4 is 12.2 Å². The number of nitrogens with one attached hydrogen (secondary N) is 1. The van der Waals surface area contributed by atoms with Gasteiger partial charge < -0.3 is 33.9 Å². The summed E-state index contributed by atoms with van der Waals surface area (Å²) in [5.41, 5.74) is 1.95. The number of benzene rings is 1. The van der Waals surface area contributed by atoms with Crippen LogP contribution in [0.3, 0.4) is 0 Å². The van der Waals surface area contributed by atoms with E-state index in [1.807, 2.05) is 0 Å². The van der Waals surface area contributed by atoms with E-state index in [0.29, 0.717) is 39.6 Å². The highest BCUT2D eigenvalue weighted by atomic mass is 16.6. The molecule has 2 aromatic rings. The first-order valence-electron chi connectivity index (χ1n) is 8.91. The molecule has 0 aliphatic heterocycles. The Morgan fingerprint density at radius 3 is 2.38 bits per heavy atom. The summed E-state index contributed by atoms with van der Waals surface area (Å²) in [4.78, 5) is 20.3. The second-order valence-corrected chi connectivity index (χ2v) is 5.90. The second-order valence-electron chi connectivity index (χ2n) is 5.90. The van der Waals surface area contributed by atoms with Crippen LogP contribution in [0.1, 0.15) is 41.7 Å². The number of oxime groups is 1. The molecule has 158 valence electrons. The minimum Gasteiger partial charge on any atom is -0.493 e. The summed E-state index contributed by atoms with van der Waals surface area (Å²) in [6, 6.07) is 3.45. The van der Waals surface area contributed by atoms with E-state index in [0.717, 1.165) is 0 Å². The number of aromatic amines is 1. The molecule has 9 nitrogen and oxygen atoms in total. The zero-order chi connectivity index (χ0) is 21.6. The normalized spacial score (nSPS) is 12.0. The third-order valence-electron chi connectivity index (χ3n) is 4.23. The summed E-state index contributed by atoms with van der Waals surface area (Å²) >= 11 is 0. The minimum atomic E-state index is -0.997. The number of aliphatic hydroxyl groups excluding tert-OH is 1. The van der Waals surface area contributed by atoms with E-state index in [2.05, 4.69) is 10.1 Å². The molecule has 1 aromatic carbocycles.